The Morgan fingerprint density at radius 2 is 1.84 bits per heavy atom. The van der Waals surface area contributed by atoms with E-state index in [4.69, 9.17) is 0 Å². The standard InChI is InChI=1S/C18H17Br/c1-2-6-14-11-17(13-7-4-3-5-8-13)16-10-9-15(19)12-18(14)16/h3-5,7-12,17H,2,6H2,1H3. The van der Waals surface area contributed by atoms with Crippen LogP contribution in [0.15, 0.2) is 59.1 Å². The Balaban J connectivity index is 2.09. The zero-order chi connectivity index (χ0) is 13.2. The number of allylic oxidation sites excluding steroid dienone is 2. The lowest BCUT2D eigenvalue weighted by molar-refractivity contribution is 0.973. The third-order valence-corrected chi connectivity index (χ3v) is 4.24. The molecule has 0 bridgehead atoms. The Morgan fingerprint density at radius 1 is 1.05 bits per heavy atom. The highest BCUT2D eigenvalue weighted by atomic mass is 79.9. The molecular formula is C18H17Br. The lowest BCUT2D eigenvalue weighted by Crippen LogP contribution is -1.95. The van der Waals surface area contributed by atoms with Gasteiger partial charge in [-0.1, -0.05) is 71.7 Å². The van der Waals surface area contributed by atoms with E-state index in [0.717, 1.165) is 6.42 Å². The Kier molecular flexibility index (Phi) is 3.56. The van der Waals surface area contributed by atoms with Crippen molar-refractivity contribution in [1.29, 1.82) is 0 Å². The maximum absolute atomic E-state index is 3.59. The van der Waals surface area contributed by atoms with E-state index in [0.29, 0.717) is 5.92 Å². The molecule has 0 amide bonds. The summed E-state index contributed by atoms with van der Waals surface area (Å²) >= 11 is 3.59. The normalized spacial score (nSPS) is 17.2. The summed E-state index contributed by atoms with van der Waals surface area (Å²) in [5, 5.41) is 0. The molecule has 96 valence electrons. The summed E-state index contributed by atoms with van der Waals surface area (Å²) in [6.45, 7) is 2.24. The molecule has 2 aromatic carbocycles. The smallest absolute Gasteiger partial charge is 0.0281 e. The van der Waals surface area contributed by atoms with Crippen LogP contribution in [0.1, 0.15) is 42.4 Å². The predicted octanol–water partition coefficient (Wildman–Crippen LogP) is 5.78. The van der Waals surface area contributed by atoms with Gasteiger partial charge in [0.1, 0.15) is 0 Å². The van der Waals surface area contributed by atoms with Gasteiger partial charge in [-0.25, -0.2) is 0 Å². The first kappa shape index (κ1) is 12.7. The number of hydrogen-bond donors (Lipinski definition) is 0. The summed E-state index contributed by atoms with van der Waals surface area (Å²) in [6, 6.07) is 17.5. The summed E-state index contributed by atoms with van der Waals surface area (Å²) in [5.74, 6) is 0.422. The van der Waals surface area contributed by atoms with Gasteiger partial charge in [0, 0.05) is 10.4 Å². The first-order valence-corrected chi connectivity index (χ1v) is 7.64. The molecule has 2 aromatic rings. The third kappa shape index (κ3) is 2.40. The Morgan fingerprint density at radius 3 is 2.58 bits per heavy atom. The van der Waals surface area contributed by atoms with E-state index >= 15 is 0 Å². The summed E-state index contributed by atoms with van der Waals surface area (Å²) < 4.78 is 1.17. The summed E-state index contributed by atoms with van der Waals surface area (Å²) in [6.07, 6.45) is 4.79. The van der Waals surface area contributed by atoms with Crippen molar-refractivity contribution >= 4 is 21.5 Å². The lowest BCUT2D eigenvalue weighted by Gasteiger charge is -2.11. The van der Waals surface area contributed by atoms with E-state index in [1.807, 2.05) is 0 Å². The molecule has 0 nitrogen and oxygen atoms in total. The van der Waals surface area contributed by atoms with Gasteiger partial charge < -0.3 is 0 Å². The van der Waals surface area contributed by atoms with Crippen LogP contribution in [0.4, 0.5) is 0 Å². The molecule has 1 aliphatic rings. The molecular weight excluding hydrogens is 296 g/mol. The minimum Gasteiger partial charge on any atom is -0.0688 e. The number of hydrogen-bond acceptors (Lipinski definition) is 0. The second-order valence-corrected chi connectivity index (χ2v) is 5.98. The maximum Gasteiger partial charge on any atom is 0.0281 e. The molecule has 0 N–H and O–H groups in total. The third-order valence-electron chi connectivity index (χ3n) is 3.74. The molecule has 0 aliphatic heterocycles. The molecule has 3 rings (SSSR count). The number of halogens is 1. The molecule has 1 atom stereocenters. The second-order valence-electron chi connectivity index (χ2n) is 5.06. The topological polar surface area (TPSA) is 0 Å². The highest BCUT2D eigenvalue weighted by Gasteiger charge is 2.23. The molecule has 19 heavy (non-hydrogen) atoms. The number of rotatable bonds is 3. The molecule has 0 saturated carbocycles. The van der Waals surface area contributed by atoms with Crippen molar-refractivity contribution in [2.45, 2.75) is 25.7 Å². The van der Waals surface area contributed by atoms with Crippen LogP contribution in [0, 0.1) is 0 Å². The van der Waals surface area contributed by atoms with Crippen LogP contribution < -0.4 is 0 Å². The summed E-state index contributed by atoms with van der Waals surface area (Å²) in [5.41, 5.74) is 5.74. The highest BCUT2D eigenvalue weighted by Crippen LogP contribution is 2.42. The molecule has 0 spiro atoms. The summed E-state index contributed by atoms with van der Waals surface area (Å²) in [4.78, 5) is 0. The van der Waals surface area contributed by atoms with Crippen LogP contribution in [-0.2, 0) is 0 Å². The molecule has 0 heterocycles. The quantitative estimate of drug-likeness (QED) is 0.674. The Labute approximate surface area is 123 Å². The van der Waals surface area contributed by atoms with Gasteiger partial charge in [-0.3, -0.25) is 0 Å². The molecule has 1 heteroatoms. The van der Waals surface area contributed by atoms with Crippen LogP contribution in [-0.4, -0.2) is 0 Å². The minimum atomic E-state index is 0.422. The molecule has 0 radical (unpaired) electrons. The Hall–Kier alpha value is -1.34. The number of benzene rings is 2. The lowest BCUT2D eigenvalue weighted by atomic mass is 9.93. The fourth-order valence-corrected chi connectivity index (χ4v) is 3.24. The van der Waals surface area contributed by atoms with Gasteiger partial charge in [0.25, 0.3) is 0 Å². The fraction of sp³-hybridized carbons (Fsp3) is 0.222. The van der Waals surface area contributed by atoms with Gasteiger partial charge in [0.2, 0.25) is 0 Å². The van der Waals surface area contributed by atoms with Crippen LogP contribution >= 0.6 is 15.9 Å². The zero-order valence-electron chi connectivity index (χ0n) is 11.1. The van der Waals surface area contributed by atoms with E-state index in [1.165, 1.54) is 33.2 Å². The fourth-order valence-electron chi connectivity index (χ4n) is 2.88. The molecule has 0 aromatic heterocycles. The van der Waals surface area contributed by atoms with Crippen molar-refractivity contribution in [3.8, 4) is 0 Å². The van der Waals surface area contributed by atoms with Crippen LogP contribution in [0.2, 0.25) is 0 Å². The first-order chi connectivity index (χ1) is 9.29. The molecule has 1 unspecified atom stereocenters. The molecule has 0 fully saturated rings. The van der Waals surface area contributed by atoms with Crippen molar-refractivity contribution in [3.63, 3.8) is 0 Å². The van der Waals surface area contributed by atoms with Crippen LogP contribution in [0.5, 0.6) is 0 Å². The van der Waals surface area contributed by atoms with E-state index in [-0.39, 0.29) is 0 Å². The average molecular weight is 313 g/mol. The van der Waals surface area contributed by atoms with Crippen molar-refractivity contribution < 1.29 is 0 Å². The van der Waals surface area contributed by atoms with Crippen molar-refractivity contribution in [2.24, 2.45) is 0 Å². The van der Waals surface area contributed by atoms with E-state index in [2.05, 4.69) is 77.5 Å². The summed E-state index contributed by atoms with van der Waals surface area (Å²) in [7, 11) is 0. The first-order valence-electron chi connectivity index (χ1n) is 6.85. The van der Waals surface area contributed by atoms with Crippen LogP contribution in [0.25, 0.3) is 5.57 Å². The van der Waals surface area contributed by atoms with Gasteiger partial charge in [-0.2, -0.15) is 0 Å². The van der Waals surface area contributed by atoms with E-state index in [9.17, 15) is 0 Å². The number of fused-ring (bicyclic) bond motifs is 1. The van der Waals surface area contributed by atoms with Crippen molar-refractivity contribution in [3.05, 3.63) is 75.8 Å². The maximum atomic E-state index is 3.59. The van der Waals surface area contributed by atoms with Gasteiger partial charge in [0.15, 0.2) is 0 Å². The van der Waals surface area contributed by atoms with Gasteiger partial charge in [-0.05, 0) is 40.8 Å². The van der Waals surface area contributed by atoms with E-state index in [1.54, 1.807) is 0 Å². The highest BCUT2D eigenvalue weighted by molar-refractivity contribution is 9.10. The van der Waals surface area contributed by atoms with Crippen molar-refractivity contribution in [2.75, 3.05) is 0 Å². The SMILES string of the molecule is CCCC1=CC(c2ccccc2)c2ccc(Br)cc21. The van der Waals surface area contributed by atoms with Gasteiger partial charge in [-0.15, -0.1) is 0 Å². The van der Waals surface area contributed by atoms with Crippen LogP contribution in [0.3, 0.4) is 0 Å². The second kappa shape index (κ2) is 5.34. The monoisotopic (exact) mass is 312 g/mol. The predicted molar refractivity (Wildman–Crippen MR) is 85.3 cm³/mol. The molecule has 0 saturated heterocycles. The zero-order valence-corrected chi connectivity index (χ0v) is 12.7. The van der Waals surface area contributed by atoms with E-state index < -0.39 is 0 Å². The Bertz CT molecular complexity index is 611. The van der Waals surface area contributed by atoms with Crippen molar-refractivity contribution in [1.82, 2.24) is 0 Å². The van der Waals surface area contributed by atoms with Gasteiger partial charge >= 0.3 is 0 Å². The minimum absolute atomic E-state index is 0.422. The average Bonchev–Trinajstić information content (AvgIpc) is 2.79. The molecule has 1 aliphatic carbocycles. The largest absolute Gasteiger partial charge is 0.0688 e. The van der Waals surface area contributed by atoms with Gasteiger partial charge in [0.05, 0.1) is 0 Å².